The van der Waals surface area contributed by atoms with E-state index >= 15 is 0 Å². The molecule has 1 aromatic rings. The topological polar surface area (TPSA) is 50.9 Å². The number of nitrogens with two attached hydrogens (primary N) is 1. The molecule has 3 N–H and O–H groups in total. The van der Waals surface area contributed by atoms with Crippen LogP contribution in [0.2, 0.25) is 0 Å². The van der Waals surface area contributed by atoms with Crippen molar-refractivity contribution in [1.29, 1.82) is 0 Å². The number of nitrogens with one attached hydrogen (secondary N) is 1. The van der Waals surface area contributed by atoms with Crippen molar-refractivity contribution in [2.24, 2.45) is 11.7 Å². The van der Waals surface area contributed by atoms with E-state index in [1.807, 2.05) is 19.9 Å². The van der Waals surface area contributed by atoms with E-state index in [1.54, 1.807) is 0 Å². The highest BCUT2D eigenvalue weighted by molar-refractivity contribution is 7.80. The van der Waals surface area contributed by atoms with Crippen LogP contribution in [0.3, 0.4) is 0 Å². The lowest BCUT2D eigenvalue weighted by molar-refractivity contribution is 0.686. The SMILES string of the molecule is Cc1cc(C)c(C(N)=S)c(NCC(C)C)n1. The van der Waals surface area contributed by atoms with Gasteiger partial charge in [-0.15, -0.1) is 0 Å². The Kier molecular flexibility index (Phi) is 4.24. The molecule has 0 saturated heterocycles. The van der Waals surface area contributed by atoms with Gasteiger partial charge in [0.1, 0.15) is 10.8 Å². The lowest BCUT2D eigenvalue weighted by Crippen LogP contribution is -2.18. The van der Waals surface area contributed by atoms with Crippen LogP contribution < -0.4 is 11.1 Å². The van der Waals surface area contributed by atoms with Gasteiger partial charge in [-0.05, 0) is 31.4 Å². The highest BCUT2D eigenvalue weighted by atomic mass is 32.1. The van der Waals surface area contributed by atoms with E-state index in [1.165, 1.54) is 0 Å². The van der Waals surface area contributed by atoms with E-state index in [4.69, 9.17) is 18.0 Å². The maximum Gasteiger partial charge on any atom is 0.136 e. The molecule has 88 valence electrons. The zero-order valence-corrected chi connectivity index (χ0v) is 11.1. The average Bonchev–Trinajstić information content (AvgIpc) is 2.12. The zero-order chi connectivity index (χ0) is 12.3. The smallest absolute Gasteiger partial charge is 0.136 e. The second-order valence-corrected chi connectivity index (χ2v) is 4.88. The highest BCUT2D eigenvalue weighted by Crippen LogP contribution is 2.18. The molecule has 0 atom stereocenters. The van der Waals surface area contributed by atoms with Crippen molar-refractivity contribution in [1.82, 2.24) is 4.98 Å². The Morgan fingerprint density at radius 1 is 1.50 bits per heavy atom. The second-order valence-electron chi connectivity index (χ2n) is 4.44. The molecule has 0 radical (unpaired) electrons. The molecule has 0 aliphatic rings. The number of hydrogen-bond donors (Lipinski definition) is 2. The van der Waals surface area contributed by atoms with Crippen LogP contribution >= 0.6 is 12.2 Å². The van der Waals surface area contributed by atoms with Crippen molar-refractivity contribution in [3.05, 3.63) is 22.9 Å². The Morgan fingerprint density at radius 3 is 2.62 bits per heavy atom. The summed E-state index contributed by atoms with van der Waals surface area (Å²) in [6, 6.07) is 2.00. The number of pyridine rings is 1. The standard InChI is InChI=1S/C12H19N3S/c1-7(2)6-14-12-10(11(13)16)8(3)5-9(4)15-12/h5,7H,6H2,1-4H3,(H2,13,16)(H,14,15). The first-order valence-electron chi connectivity index (χ1n) is 5.43. The Hall–Kier alpha value is -1.16. The molecule has 0 amide bonds. The maximum absolute atomic E-state index is 5.72. The van der Waals surface area contributed by atoms with Crippen molar-refractivity contribution in [3.63, 3.8) is 0 Å². The monoisotopic (exact) mass is 237 g/mol. The number of aromatic nitrogens is 1. The van der Waals surface area contributed by atoms with Gasteiger partial charge < -0.3 is 11.1 Å². The predicted octanol–water partition coefficient (Wildman–Crippen LogP) is 2.40. The molecule has 1 aromatic heterocycles. The Labute approximate surface area is 102 Å². The lowest BCUT2D eigenvalue weighted by Gasteiger charge is -2.14. The van der Waals surface area contributed by atoms with Gasteiger partial charge in [-0.2, -0.15) is 0 Å². The van der Waals surface area contributed by atoms with E-state index in [0.717, 1.165) is 29.2 Å². The molecule has 0 fully saturated rings. The molecule has 0 aliphatic heterocycles. The van der Waals surface area contributed by atoms with Gasteiger partial charge in [0.2, 0.25) is 0 Å². The fourth-order valence-electron chi connectivity index (χ4n) is 1.58. The minimum atomic E-state index is 0.399. The van der Waals surface area contributed by atoms with E-state index in [0.29, 0.717) is 10.9 Å². The average molecular weight is 237 g/mol. The normalized spacial score (nSPS) is 10.6. The van der Waals surface area contributed by atoms with Gasteiger partial charge in [-0.25, -0.2) is 4.98 Å². The molecule has 0 aliphatic carbocycles. The van der Waals surface area contributed by atoms with Crippen LogP contribution in [0.25, 0.3) is 0 Å². The predicted molar refractivity (Wildman–Crippen MR) is 72.9 cm³/mol. The second kappa shape index (κ2) is 5.25. The van der Waals surface area contributed by atoms with Gasteiger partial charge in [0.25, 0.3) is 0 Å². The first kappa shape index (κ1) is 12.9. The molecule has 0 aromatic carbocycles. The van der Waals surface area contributed by atoms with E-state index in [2.05, 4.69) is 24.1 Å². The number of rotatable bonds is 4. The molecule has 0 saturated carbocycles. The third-order valence-corrected chi connectivity index (χ3v) is 2.47. The summed E-state index contributed by atoms with van der Waals surface area (Å²) in [7, 11) is 0. The molecule has 3 nitrogen and oxygen atoms in total. The molecular weight excluding hydrogens is 218 g/mol. The molecule has 0 unspecified atom stereocenters. The van der Waals surface area contributed by atoms with Crippen LogP contribution in [0.15, 0.2) is 6.07 Å². The number of aryl methyl sites for hydroxylation is 2. The Balaban J connectivity index is 3.09. The van der Waals surface area contributed by atoms with Gasteiger partial charge >= 0.3 is 0 Å². The van der Waals surface area contributed by atoms with Crippen LogP contribution in [-0.2, 0) is 0 Å². The van der Waals surface area contributed by atoms with Crippen LogP contribution in [0.4, 0.5) is 5.82 Å². The minimum Gasteiger partial charge on any atom is -0.389 e. The van der Waals surface area contributed by atoms with Crippen molar-refractivity contribution < 1.29 is 0 Å². The summed E-state index contributed by atoms with van der Waals surface area (Å²) >= 11 is 5.06. The van der Waals surface area contributed by atoms with Crippen molar-refractivity contribution >= 4 is 23.0 Å². The largest absolute Gasteiger partial charge is 0.389 e. The summed E-state index contributed by atoms with van der Waals surface area (Å²) in [6.45, 7) is 9.14. The molecule has 4 heteroatoms. The maximum atomic E-state index is 5.72. The van der Waals surface area contributed by atoms with Crippen LogP contribution in [0.5, 0.6) is 0 Å². The summed E-state index contributed by atoms with van der Waals surface area (Å²) in [6.07, 6.45) is 0. The Morgan fingerprint density at radius 2 is 2.12 bits per heavy atom. The van der Waals surface area contributed by atoms with Crippen LogP contribution in [0.1, 0.15) is 30.7 Å². The van der Waals surface area contributed by atoms with Crippen molar-refractivity contribution in [2.45, 2.75) is 27.7 Å². The van der Waals surface area contributed by atoms with Crippen molar-refractivity contribution in [3.8, 4) is 0 Å². The summed E-state index contributed by atoms with van der Waals surface area (Å²) in [5.41, 5.74) is 8.64. The van der Waals surface area contributed by atoms with Gasteiger partial charge in [0.05, 0.1) is 5.56 Å². The minimum absolute atomic E-state index is 0.399. The molecule has 0 spiro atoms. The summed E-state index contributed by atoms with van der Waals surface area (Å²) in [5.74, 6) is 1.36. The van der Waals surface area contributed by atoms with Crippen LogP contribution in [-0.4, -0.2) is 16.5 Å². The zero-order valence-electron chi connectivity index (χ0n) is 10.3. The fraction of sp³-hybridized carbons (Fsp3) is 0.500. The molecule has 1 heterocycles. The molecular formula is C12H19N3S. The summed E-state index contributed by atoms with van der Waals surface area (Å²) in [4.78, 5) is 4.85. The summed E-state index contributed by atoms with van der Waals surface area (Å²) in [5, 5.41) is 3.30. The van der Waals surface area contributed by atoms with Gasteiger partial charge in [0, 0.05) is 12.2 Å². The van der Waals surface area contributed by atoms with E-state index < -0.39 is 0 Å². The number of nitrogens with zero attached hydrogens (tertiary/aromatic N) is 1. The fourth-order valence-corrected chi connectivity index (χ4v) is 1.83. The Bertz CT molecular complexity index is 399. The summed E-state index contributed by atoms with van der Waals surface area (Å²) < 4.78 is 0. The third-order valence-electron chi connectivity index (χ3n) is 2.27. The van der Waals surface area contributed by atoms with Crippen molar-refractivity contribution in [2.75, 3.05) is 11.9 Å². The lowest BCUT2D eigenvalue weighted by atomic mass is 10.1. The van der Waals surface area contributed by atoms with Gasteiger partial charge in [-0.3, -0.25) is 0 Å². The van der Waals surface area contributed by atoms with Gasteiger partial charge in [0.15, 0.2) is 0 Å². The molecule has 0 bridgehead atoms. The number of anilines is 1. The molecule has 16 heavy (non-hydrogen) atoms. The first-order chi connectivity index (χ1) is 7.41. The van der Waals surface area contributed by atoms with Gasteiger partial charge in [-0.1, -0.05) is 26.1 Å². The van der Waals surface area contributed by atoms with E-state index in [9.17, 15) is 0 Å². The van der Waals surface area contributed by atoms with Crippen LogP contribution in [0, 0.1) is 19.8 Å². The molecule has 1 rings (SSSR count). The van der Waals surface area contributed by atoms with E-state index in [-0.39, 0.29) is 0 Å². The number of hydrogen-bond acceptors (Lipinski definition) is 3. The first-order valence-corrected chi connectivity index (χ1v) is 5.84. The quantitative estimate of drug-likeness (QED) is 0.790. The third kappa shape index (κ3) is 3.17. The number of thiocarbonyl (C=S) groups is 1. The highest BCUT2D eigenvalue weighted by Gasteiger charge is 2.11.